The van der Waals surface area contributed by atoms with Gasteiger partial charge in [0.25, 0.3) is 0 Å². The topological polar surface area (TPSA) is 36.7 Å². The molecule has 0 aliphatic heterocycles. The van der Waals surface area contributed by atoms with Crippen molar-refractivity contribution in [2.45, 2.75) is 27.7 Å². The monoisotopic (exact) mass is 238 g/mol. The summed E-state index contributed by atoms with van der Waals surface area (Å²) in [6.45, 7) is 7.82. The van der Waals surface area contributed by atoms with Gasteiger partial charge in [-0.15, -0.1) is 0 Å². The summed E-state index contributed by atoms with van der Waals surface area (Å²) in [6.07, 6.45) is 0. The van der Waals surface area contributed by atoms with E-state index in [1.807, 2.05) is 64.1 Å². The third kappa shape index (κ3) is 2.95. The highest BCUT2D eigenvalue weighted by atomic mass is 14.7. The van der Waals surface area contributed by atoms with Crippen LogP contribution in [-0.4, -0.2) is 4.98 Å². The van der Waals surface area contributed by atoms with Crippen LogP contribution in [-0.2, 0) is 0 Å². The molecule has 0 radical (unpaired) electrons. The Morgan fingerprint density at radius 2 is 1.67 bits per heavy atom. The van der Waals surface area contributed by atoms with E-state index >= 15 is 0 Å². The molecule has 0 saturated carbocycles. The Hall–Kier alpha value is -2.14. The summed E-state index contributed by atoms with van der Waals surface area (Å²) in [7, 11) is 0. The van der Waals surface area contributed by atoms with Gasteiger partial charge >= 0.3 is 0 Å². The molecule has 2 heteroatoms. The molecule has 0 bridgehead atoms. The van der Waals surface area contributed by atoms with Crippen LogP contribution >= 0.6 is 0 Å². The Morgan fingerprint density at radius 3 is 2.22 bits per heavy atom. The molecule has 2 rings (SSSR count). The smallest absolute Gasteiger partial charge is 0.102 e. The van der Waals surface area contributed by atoms with Gasteiger partial charge < -0.3 is 0 Å². The molecule has 0 amide bonds. The number of aryl methyl sites for hydroxylation is 2. The SMILES string of the molecule is CC.Cc1cc(-c2ccccc2)c(C#N)c(C)n1. The minimum absolute atomic E-state index is 0.664. The van der Waals surface area contributed by atoms with Gasteiger partial charge in [0, 0.05) is 11.3 Å². The highest BCUT2D eigenvalue weighted by Crippen LogP contribution is 2.25. The molecule has 0 unspecified atom stereocenters. The molecule has 2 nitrogen and oxygen atoms in total. The summed E-state index contributed by atoms with van der Waals surface area (Å²) in [5, 5.41) is 9.16. The molecule has 2 aromatic rings. The number of nitriles is 1. The molecule has 18 heavy (non-hydrogen) atoms. The van der Waals surface area contributed by atoms with Gasteiger partial charge in [-0.1, -0.05) is 44.2 Å². The number of nitrogens with zero attached hydrogens (tertiary/aromatic N) is 2. The molecule has 0 fully saturated rings. The van der Waals surface area contributed by atoms with Crippen LogP contribution in [0, 0.1) is 25.2 Å². The zero-order valence-electron chi connectivity index (χ0n) is 11.4. The Kier molecular flexibility index (Phi) is 5.07. The maximum Gasteiger partial charge on any atom is 0.102 e. The summed E-state index contributed by atoms with van der Waals surface area (Å²) >= 11 is 0. The predicted molar refractivity (Wildman–Crippen MR) is 75.2 cm³/mol. The first-order chi connectivity index (χ1) is 8.72. The number of benzene rings is 1. The molecule has 0 aliphatic carbocycles. The molecule has 1 heterocycles. The summed E-state index contributed by atoms with van der Waals surface area (Å²) < 4.78 is 0. The molecule has 92 valence electrons. The molecule has 0 aliphatic rings. The lowest BCUT2D eigenvalue weighted by Crippen LogP contribution is -1.95. The zero-order chi connectivity index (χ0) is 13.5. The number of hydrogen-bond donors (Lipinski definition) is 0. The van der Waals surface area contributed by atoms with Gasteiger partial charge in [0.1, 0.15) is 6.07 Å². The van der Waals surface area contributed by atoms with Crippen LogP contribution in [0.2, 0.25) is 0 Å². The zero-order valence-corrected chi connectivity index (χ0v) is 11.4. The summed E-state index contributed by atoms with van der Waals surface area (Å²) in [4.78, 5) is 4.31. The van der Waals surface area contributed by atoms with E-state index < -0.39 is 0 Å². The van der Waals surface area contributed by atoms with Crippen molar-refractivity contribution >= 4 is 0 Å². The summed E-state index contributed by atoms with van der Waals surface area (Å²) in [5.74, 6) is 0. The molecule has 0 saturated heterocycles. The Balaban J connectivity index is 0.000000771. The third-order valence-electron chi connectivity index (χ3n) is 2.53. The lowest BCUT2D eigenvalue weighted by molar-refractivity contribution is 1.11. The standard InChI is InChI=1S/C14H12N2.C2H6/c1-10-8-13(12-6-4-3-5-7-12)14(9-15)11(2)16-10;1-2/h3-8H,1-2H3;1-2H3. The maximum absolute atomic E-state index is 9.16. The summed E-state index contributed by atoms with van der Waals surface area (Å²) in [6, 6.07) is 14.1. The van der Waals surface area contributed by atoms with E-state index in [-0.39, 0.29) is 0 Å². The average Bonchev–Trinajstić information content (AvgIpc) is 2.41. The second-order valence-electron chi connectivity index (χ2n) is 3.75. The van der Waals surface area contributed by atoms with Crippen LogP contribution in [0.3, 0.4) is 0 Å². The number of rotatable bonds is 1. The molecular formula is C16H18N2. The quantitative estimate of drug-likeness (QED) is 0.744. The van der Waals surface area contributed by atoms with E-state index in [4.69, 9.17) is 5.26 Å². The van der Waals surface area contributed by atoms with Gasteiger partial charge in [0.15, 0.2) is 0 Å². The van der Waals surface area contributed by atoms with Crippen molar-refractivity contribution in [2.75, 3.05) is 0 Å². The van der Waals surface area contributed by atoms with E-state index in [1.165, 1.54) is 0 Å². The van der Waals surface area contributed by atoms with Crippen LogP contribution in [0.1, 0.15) is 30.8 Å². The maximum atomic E-state index is 9.16. The summed E-state index contributed by atoms with van der Waals surface area (Å²) in [5.41, 5.74) is 4.43. The van der Waals surface area contributed by atoms with E-state index in [9.17, 15) is 0 Å². The van der Waals surface area contributed by atoms with Crippen molar-refractivity contribution in [2.24, 2.45) is 0 Å². The molecular weight excluding hydrogens is 220 g/mol. The minimum Gasteiger partial charge on any atom is -0.257 e. The third-order valence-corrected chi connectivity index (χ3v) is 2.53. The molecule has 0 atom stereocenters. The van der Waals surface area contributed by atoms with Crippen LogP contribution in [0.25, 0.3) is 11.1 Å². The second kappa shape index (κ2) is 6.56. The first-order valence-corrected chi connectivity index (χ1v) is 6.16. The van der Waals surface area contributed by atoms with Crippen molar-refractivity contribution < 1.29 is 0 Å². The molecule has 0 spiro atoms. The van der Waals surface area contributed by atoms with Gasteiger partial charge in [0.2, 0.25) is 0 Å². The highest BCUT2D eigenvalue weighted by molar-refractivity contribution is 5.71. The Labute approximate surface area is 109 Å². The minimum atomic E-state index is 0.664. The predicted octanol–water partition coefficient (Wildman–Crippen LogP) is 4.26. The lowest BCUT2D eigenvalue weighted by Gasteiger charge is -2.07. The molecule has 1 aromatic heterocycles. The molecule has 1 aromatic carbocycles. The highest BCUT2D eigenvalue weighted by Gasteiger charge is 2.09. The second-order valence-corrected chi connectivity index (χ2v) is 3.75. The van der Waals surface area contributed by atoms with Crippen molar-refractivity contribution in [1.82, 2.24) is 4.98 Å². The van der Waals surface area contributed by atoms with E-state index in [0.29, 0.717) is 5.56 Å². The van der Waals surface area contributed by atoms with Gasteiger partial charge in [-0.25, -0.2) is 0 Å². The Morgan fingerprint density at radius 1 is 1.06 bits per heavy atom. The fourth-order valence-electron chi connectivity index (χ4n) is 1.82. The average molecular weight is 238 g/mol. The van der Waals surface area contributed by atoms with Crippen molar-refractivity contribution in [1.29, 1.82) is 5.26 Å². The van der Waals surface area contributed by atoms with Crippen molar-refractivity contribution in [3.05, 3.63) is 53.3 Å². The van der Waals surface area contributed by atoms with Crippen molar-refractivity contribution in [3.63, 3.8) is 0 Å². The number of pyridine rings is 1. The van der Waals surface area contributed by atoms with Gasteiger partial charge in [-0.05, 0) is 25.5 Å². The Bertz CT molecular complexity index is 551. The first kappa shape index (κ1) is 13.9. The van der Waals surface area contributed by atoms with E-state index in [0.717, 1.165) is 22.5 Å². The van der Waals surface area contributed by atoms with Crippen LogP contribution in [0.15, 0.2) is 36.4 Å². The first-order valence-electron chi connectivity index (χ1n) is 6.16. The number of aromatic nitrogens is 1. The van der Waals surface area contributed by atoms with Gasteiger partial charge in [-0.3, -0.25) is 4.98 Å². The van der Waals surface area contributed by atoms with E-state index in [1.54, 1.807) is 0 Å². The number of hydrogen-bond acceptors (Lipinski definition) is 2. The van der Waals surface area contributed by atoms with E-state index in [2.05, 4.69) is 11.1 Å². The normalized spacial score (nSPS) is 9.06. The largest absolute Gasteiger partial charge is 0.257 e. The lowest BCUT2D eigenvalue weighted by atomic mass is 9.99. The van der Waals surface area contributed by atoms with Gasteiger partial charge in [-0.2, -0.15) is 5.26 Å². The van der Waals surface area contributed by atoms with Crippen molar-refractivity contribution in [3.8, 4) is 17.2 Å². The fraction of sp³-hybridized carbons (Fsp3) is 0.250. The van der Waals surface area contributed by atoms with Crippen LogP contribution in [0.4, 0.5) is 0 Å². The van der Waals surface area contributed by atoms with Crippen LogP contribution < -0.4 is 0 Å². The molecule has 0 N–H and O–H groups in total. The fourth-order valence-corrected chi connectivity index (χ4v) is 1.82. The van der Waals surface area contributed by atoms with Crippen LogP contribution in [0.5, 0.6) is 0 Å². The van der Waals surface area contributed by atoms with Gasteiger partial charge in [0.05, 0.1) is 11.3 Å².